The molecule has 1 spiro atoms. The number of thiocarbonyl (C=S) groups is 1. The summed E-state index contributed by atoms with van der Waals surface area (Å²) < 4.78 is 23.2. The molecule has 4 aromatic rings. The van der Waals surface area contributed by atoms with Crippen molar-refractivity contribution in [3.8, 4) is 23.0 Å². The van der Waals surface area contributed by atoms with Gasteiger partial charge >= 0.3 is 17.9 Å². The number of phenols is 2. The molecule has 0 unspecified atom stereocenters. The van der Waals surface area contributed by atoms with E-state index in [1.54, 1.807) is 88.4 Å². The van der Waals surface area contributed by atoms with Crippen molar-refractivity contribution in [2.24, 2.45) is 29.0 Å². The van der Waals surface area contributed by atoms with E-state index in [0.29, 0.717) is 27.9 Å². The number of phenolic OH excluding ortho intramolecular Hbond substituents is 2. The molecule has 708 valence electrons. The quantitative estimate of drug-likeness (QED) is 0.00646. The summed E-state index contributed by atoms with van der Waals surface area (Å²) in [4.78, 5) is 247. The summed E-state index contributed by atoms with van der Waals surface area (Å²) >= 11 is 5.49. The SMILES string of the molecule is CC(C)[C@H](NC(=O)[C@H](CCCNC(=N)N)NC(=O)[C@H](CO)NC(=O)COCCOCCNC(=S)Nc1ccc2c(c1)C(=O)OC21c2ccc(O)cc2Oc2cc(O)ccc21)C(=O)N[C@H](C(=O)N1CCC[C@H]1C(=O)N[C@H]1CNC(=O)C[C@H](C(=O)N[C@@H](CC(=O)O)C(=O)N[C@@H](C)C(=O)N[C@@H](CC(=O)O)C(N)=O)NC(=O)[C@H](Cc2ccccc2)NC(=O)[C@H](CCC(N)=O)NC1=O)C(C)C. The number of aliphatic carboxylic acids is 2. The molecule has 8 rings (SSSR count). The molecule has 4 aromatic carbocycles. The number of likely N-dealkylation sites (tertiary alicyclic amines) is 1. The predicted molar refractivity (Wildman–Crippen MR) is 461 cm³/mol. The number of anilines is 1. The monoisotopic (exact) mass is 1850 g/mol. The number of guanidine groups is 1. The highest BCUT2D eigenvalue weighted by Gasteiger charge is 2.54. The lowest BCUT2D eigenvalue weighted by atomic mass is 9.77. The van der Waals surface area contributed by atoms with Gasteiger partial charge in [-0.3, -0.25) is 86.9 Å². The number of primary amides is 2. The van der Waals surface area contributed by atoms with E-state index in [0.717, 1.165) is 11.8 Å². The molecule has 2 saturated heterocycles. The maximum absolute atomic E-state index is 14.9. The van der Waals surface area contributed by atoms with Gasteiger partial charge in [0.05, 0.1) is 51.3 Å². The third kappa shape index (κ3) is 28.8. The zero-order valence-corrected chi connectivity index (χ0v) is 72.7. The second-order valence-electron chi connectivity index (χ2n) is 31.7. The third-order valence-electron chi connectivity index (χ3n) is 21.1. The fourth-order valence-electron chi connectivity index (χ4n) is 14.4. The number of nitrogens with two attached hydrogens (primary N) is 3. The second-order valence-corrected chi connectivity index (χ2v) is 32.1. The Balaban J connectivity index is 0.873. The van der Waals surface area contributed by atoms with Crippen LogP contribution in [0.4, 0.5) is 5.69 Å². The van der Waals surface area contributed by atoms with Gasteiger partial charge in [0, 0.05) is 73.5 Å². The van der Waals surface area contributed by atoms with E-state index in [2.05, 4.69) is 74.4 Å². The average Bonchev–Trinajstić information content (AvgIpc) is 1.55. The maximum atomic E-state index is 14.9. The largest absolute Gasteiger partial charge is 0.508 e. The van der Waals surface area contributed by atoms with E-state index >= 15 is 0 Å². The van der Waals surface area contributed by atoms with Gasteiger partial charge in [0.1, 0.15) is 102 Å². The minimum absolute atomic E-state index is 0.0128. The first-order chi connectivity index (χ1) is 62.1. The molecular formula is C83H108N20O27S. The van der Waals surface area contributed by atoms with Crippen molar-refractivity contribution >= 4 is 135 Å². The molecule has 48 heteroatoms. The number of carbonyl (C=O) groups excluding carboxylic acids is 16. The molecule has 0 saturated carbocycles. The zero-order valence-electron chi connectivity index (χ0n) is 71.9. The van der Waals surface area contributed by atoms with E-state index in [1.807, 2.05) is 5.32 Å². The van der Waals surface area contributed by atoms with Gasteiger partial charge in [-0.15, -0.1) is 0 Å². The minimum Gasteiger partial charge on any atom is -0.508 e. The number of carbonyl (C=O) groups is 18. The number of fused-ring (bicyclic) bond motifs is 6. The van der Waals surface area contributed by atoms with Crippen LogP contribution < -0.4 is 102 Å². The van der Waals surface area contributed by atoms with Crippen LogP contribution in [0.1, 0.15) is 125 Å². The van der Waals surface area contributed by atoms with Crippen molar-refractivity contribution in [3.05, 3.63) is 113 Å². The van der Waals surface area contributed by atoms with E-state index < -0.39 is 254 Å². The number of benzene rings is 4. The first-order valence-electron chi connectivity index (χ1n) is 41.6. The Morgan fingerprint density at radius 3 is 1.86 bits per heavy atom. The number of hydrogen-bond acceptors (Lipinski definition) is 27. The van der Waals surface area contributed by atoms with Crippen LogP contribution in [0.3, 0.4) is 0 Å². The van der Waals surface area contributed by atoms with Gasteiger partial charge in [-0.25, -0.2) is 4.79 Å². The lowest BCUT2D eigenvalue weighted by Gasteiger charge is -2.36. The fourth-order valence-corrected chi connectivity index (χ4v) is 14.6. The predicted octanol–water partition coefficient (Wildman–Crippen LogP) is -5.64. The van der Waals surface area contributed by atoms with Crippen molar-refractivity contribution < 1.29 is 131 Å². The number of carboxylic acids is 2. The maximum Gasteiger partial charge on any atom is 0.340 e. The van der Waals surface area contributed by atoms with Gasteiger partial charge in [0.15, 0.2) is 16.7 Å². The molecule has 4 aliphatic heterocycles. The number of aromatic hydroxyl groups is 2. The molecule has 4 heterocycles. The Labute approximate surface area is 754 Å². The number of ether oxygens (including phenoxy) is 4. The number of rotatable bonds is 42. The highest BCUT2D eigenvalue weighted by atomic mass is 32.1. The number of nitrogens with one attached hydrogen (secondary N) is 16. The van der Waals surface area contributed by atoms with Gasteiger partial charge in [-0.2, -0.15) is 0 Å². The molecule has 4 aliphatic rings. The molecule has 0 aliphatic carbocycles. The van der Waals surface area contributed by atoms with Gasteiger partial charge in [0.2, 0.25) is 88.6 Å². The summed E-state index contributed by atoms with van der Waals surface area (Å²) in [5, 5.41) is 94.8. The van der Waals surface area contributed by atoms with E-state index in [-0.39, 0.29) is 105 Å². The second kappa shape index (κ2) is 47.6. The first kappa shape index (κ1) is 102. The molecule has 2 fully saturated rings. The first-order valence-corrected chi connectivity index (χ1v) is 42.1. The average molecular weight is 1850 g/mol. The van der Waals surface area contributed by atoms with E-state index in [4.69, 9.17) is 53.8 Å². The normalized spacial score (nSPS) is 18.4. The molecular weight excluding hydrogens is 1740 g/mol. The van der Waals surface area contributed by atoms with Gasteiger partial charge in [0.25, 0.3) is 0 Å². The van der Waals surface area contributed by atoms with Crippen LogP contribution >= 0.6 is 12.2 Å². The van der Waals surface area contributed by atoms with Crippen LogP contribution in [0.5, 0.6) is 23.0 Å². The van der Waals surface area contributed by atoms with E-state index in [1.165, 1.54) is 24.3 Å². The summed E-state index contributed by atoms with van der Waals surface area (Å²) in [5.41, 5.74) is 17.1. The highest BCUT2D eigenvalue weighted by molar-refractivity contribution is 7.80. The summed E-state index contributed by atoms with van der Waals surface area (Å²) in [6.45, 7) is 4.81. The van der Waals surface area contributed by atoms with Crippen molar-refractivity contribution in [3.63, 3.8) is 0 Å². The van der Waals surface area contributed by atoms with Crippen LogP contribution in [-0.2, 0) is 108 Å². The molecule has 15 amide bonds. The summed E-state index contributed by atoms with van der Waals surface area (Å²) in [6, 6.07) is 1.10. The fraction of sp³-hybridized carbons (Fsp3) is 0.470. The molecule has 0 bridgehead atoms. The Bertz CT molecular complexity index is 4930. The zero-order chi connectivity index (χ0) is 96.3. The number of aliphatic hydroxyl groups is 1. The van der Waals surface area contributed by atoms with Gasteiger partial charge < -0.3 is 146 Å². The highest BCUT2D eigenvalue weighted by Crippen LogP contribution is 2.57. The van der Waals surface area contributed by atoms with Crippen molar-refractivity contribution in [2.45, 2.75) is 177 Å². The number of aliphatic hydroxyl groups excluding tert-OH is 1. The van der Waals surface area contributed by atoms with Gasteiger partial charge in [-0.1, -0.05) is 64.1 Å². The van der Waals surface area contributed by atoms with Crippen LogP contribution in [0.15, 0.2) is 84.9 Å². The van der Waals surface area contributed by atoms with Crippen molar-refractivity contribution in [2.75, 3.05) is 64.5 Å². The molecule has 27 N–H and O–H groups in total. The smallest absolute Gasteiger partial charge is 0.340 e. The summed E-state index contributed by atoms with van der Waals surface area (Å²) in [7, 11) is 0. The topological polar surface area (TPSA) is 731 Å². The number of hydrogen-bond donors (Lipinski definition) is 24. The summed E-state index contributed by atoms with van der Waals surface area (Å²) in [5.74, 6) is -22.1. The van der Waals surface area contributed by atoms with Crippen LogP contribution in [0, 0.1) is 17.2 Å². The lowest BCUT2D eigenvalue weighted by molar-refractivity contribution is -0.143. The standard InChI is InChI=1S/C83H108N20O27S/c1-39(2)66(101-71(117)50(13-9-23-88-81(86)87)94-76(122)57(37-104)93-63(109)38-128-28-27-127-26-24-89-82(131)92-43-15-18-47-46(30-43)80(126)130-83(47)48-19-16-44(105)31-59(48)129-60-32-45(106)17-20-49(60)83)78(124)102-67(40(3)4)79(125)103-25-10-14-58(103)77(123)100-56-36-90-62(108)33-54(74(120)99-55(35-65(112)113)72(118)91-41(5)69(115)96-52(68(85)114)34-64(110)111)98-73(119)53(29-42-11-7-6-8-12-42)97-70(116)51(95-75(56)121)21-22-61(84)107/h6-8,11-12,15-20,30-32,39-41,50-58,66-67,104-106H,9-10,13-14,21-29,33-38H2,1-5H3,(H2,84,107)(H2,85,114)(H,90,108)(H,91,118)(H,93,109)(H,94,122)(H,95,121)(H,96,115)(H,97,116)(H,98,119)(H,99,120)(H,100,123)(H,101,117)(H,102,124)(H,110,111)(H,112,113)(H4,86,87,88)(H2,89,92,131)/t41-,50-,51-,52-,53-,54+,55-,56-,57-,58-,66-,67-/m0/s1. The Morgan fingerprint density at radius 2 is 1.24 bits per heavy atom. The molecule has 12 atom stereocenters. The minimum atomic E-state index is -2.12. The molecule has 0 aromatic heterocycles. The number of carboxylic acid groups (broad SMARTS) is 2. The van der Waals surface area contributed by atoms with Crippen LogP contribution in [-0.4, -0.2) is 280 Å². The van der Waals surface area contributed by atoms with Crippen LogP contribution in [0.2, 0.25) is 0 Å². The molecule has 131 heavy (non-hydrogen) atoms. The van der Waals surface area contributed by atoms with Crippen molar-refractivity contribution in [1.82, 2.24) is 79.3 Å². The Kier molecular flexibility index (Phi) is 37.0. The third-order valence-corrected chi connectivity index (χ3v) is 21.4. The Morgan fingerprint density at radius 1 is 0.634 bits per heavy atom. The summed E-state index contributed by atoms with van der Waals surface area (Å²) in [6.07, 6.45) is -4.78. The molecule has 47 nitrogen and oxygen atoms in total. The van der Waals surface area contributed by atoms with E-state index in [9.17, 15) is 112 Å². The van der Waals surface area contributed by atoms with Crippen molar-refractivity contribution in [1.29, 1.82) is 5.41 Å². The van der Waals surface area contributed by atoms with Gasteiger partial charge in [-0.05, 0) is 105 Å². The number of esters is 1. The number of nitrogens with zero attached hydrogens (tertiary/aromatic N) is 1. The Hall–Kier alpha value is -14.4. The lowest BCUT2D eigenvalue weighted by Crippen LogP contribution is -2.63. The number of amides is 15. The molecule has 0 radical (unpaired) electrons. The van der Waals surface area contributed by atoms with Crippen LogP contribution in [0.25, 0.3) is 0 Å².